The summed E-state index contributed by atoms with van der Waals surface area (Å²) in [5, 5.41) is 0. The van der Waals surface area contributed by atoms with E-state index in [2.05, 4.69) is 54.0 Å². The van der Waals surface area contributed by atoms with Crippen LogP contribution in [0.4, 0.5) is 0 Å². The third-order valence-electron chi connectivity index (χ3n) is 3.03. The minimum absolute atomic E-state index is 0.843. The molecule has 0 atom stereocenters. The summed E-state index contributed by atoms with van der Waals surface area (Å²) in [7, 11) is -1.12. The number of aryl methyl sites for hydroxylation is 1. The monoisotopic (exact) mass is 357 g/mol. The number of hydrogen-bond acceptors (Lipinski definition) is 2. The first-order valence-corrected chi connectivity index (χ1v) is 9.93. The van der Waals surface area contributed by atoms with Crippen molar-refractivity contribution in [1.82, 2.24) is 0 Å². The van der Waals surface area contributed by atoms with Gasteiger partial charge < -0.3 is 8.85 Å². The third-order valence-corrected chi connectivity index (χ3v) is 5.23. The molecule has 113 valence electrons. The summed E-state index contributed by atoms with van der Waals surface area (Å²) in [5.74, 6) is 0. The minimum atomic E-state index is -1.12. The standard InChI is InChI=1S/C16H26BrO2Si/c1-3-5-11-18-20(19-12-6-4-2)13-10-15-8-7-9-16(17)14-15/h7-9,14H,3-6,10-13H2,1-2H3. The quantitative estimate of drug-likeness (QED) is 0.404. The summed E-state index contributed by atoms with van der Waals surface area (Å²) < 4.78 is 13.0. The molecule has 0 fully saturated rings. The minimum Gasteiger partial charge on any atom is -0.393 e. The van der Waals surface area contributed by atoms with Crippen molar-refractivity contribution in [2.24, 2.45) is 0 Å². The Morgan fingerprint density at radius 3 is 2.25 bits per heavy atom. The normalized spacial score (nSPS) is 11.2. The van der Waals surface area contributed by atoms with Crippen LogP contribution in [-0.4, -0.2) is 22.5 Å². The lowest BCUT2D eigenvalue weighted by molar-refractivity contribution is 0.191. The molecular weight excluding hydrogens is 332 g/mol. The van der Waals surface area contributed by atoms with E-state index >= 15 is 0 Å². The Morgan fingerprint density at radius 1 is 1.05 bits per heavy atom. The maximum atomic E-state index is 5.95. The van der Waals surface area contributed by atoms with Crippen LogP contribution in [0.25, 0.3) is 0 Å². The van der Waals surface area contributed by atoms with Crippen LogP contribution in [0, 0.1) is 0 Å². The van der Waals surface area contributed by atoms with E-state index in [-0.39, 0.29) is 0 Å². The van der Waals surface area contributed by atoms with Gasteiger partial charge in [-0.2, -0.15) is 0 Å². The second-order valence-electron chi connectivity index (χ2n) is 4.91. The van der Waals surface area contributed by atoms with Crippen LogP contribution in [0.1, 0.15) is 45.1 Å². The molecule has 0 aliphatic carbocycles. The van der Waals surface area contributed by atoms with E-state index in [1.807, 2.05) is 0 Å². The summed E-state index contributed by atoms with van der Waals surface area (Å²) in [4.78, 5) is 0. The highest BCUT2D eigenvalue weighted by Crippen LogP contribution is 2.14. The molecule has 0 amide bonds. The molecule has 0 bridgehead atoms. The molecule has 2 nitrogen and oxygen atoms in total. The second-order valence-corrected chi connectivity index (χ2v) is 7.64. The Labute approximate surface area is 133 Å². The van der Waals surface area contributed by atoms with Crippen molar-refractivity contribution >= 4 is 25.2 Å². The van der Waals surface area contributed by atoms with Crippen LogP contribution >= 0.6 is 15.9 Å². The van der Waals surface area contributed by atoms with Crippen molar-refractivity contribution in [3.05, 3.63) is 34.3 Å². The van der Waals surface area contributed by atoms with Crippen LogP contribution in [0.2, 0.25) is 6.04 Å². The molecule has 20 heavy (non-hydrogen) atoms. The highest BCUT2D eigenvalue weighted by atomic mass is 79.9. The molecule has 0 aliphatic rings. The van der Waals surface area contributed by atoms with Crippen LogP contribution in [0.15, 0.2) is 28.7 Å². The van der Waals surface area contributed by atoms with E-state index in [9.17, 15) is 0 Å². The molecule has 0 aliphatic heterocycles. The van der Waals surface area contributed by atoms with E-state index < -0.39 is 9.28 Å². The molecule has 0 spiro atoms. The van der Waals surface area contributed by atoms with Gasteiger partial charge in [0.25, 0.3) is 0 Å². The lowest BCUT2D eigenvalue weighted by atomic mass is 10.2. The average Bonchev–Trinajstić information content (AvgIpc) is 2.44. The topological polar surface area (TPSA) is 18.5 Å². The molecule has 0 aromatic heterocycles. The molecule has 0 heterocycles. The summed E-state index contributed by atoms with van der Waals surface area (Å²) in [6.07, 6.45) is 5.64. The molecule has 0 N–H and O–H groups in total. The van der Waals surface area contributed by atoms with Gasteiger partial charge in [0.2, 0.25) is 0 Å². The van der Waals surface area contributed by atoms with Gasteiger partial charge in [-0.05, 0) is 43.0 Å². The number of rotatable bonds is 11. The molecule has 1 rings (SSSR count). The van der Waals surface area contributed by atoms with Gasteiger partial charge in [0.1, 0.15) is 0 Å². The largest absolute Gasteiger partial charge is 0.393 e. The van der Waals surface area contributed by atoms with E-state index in [0.717, 1.165) is 43.0 Å². The fourth-order valence-corrected chi connectivity index (χ4v) is 3.84. The molecular formula is C16H26BrO2Si. The lowest BCUT2D eigenvalue weighted by Gasteiger charge is -2.15. The Kier molecular flexibility index (Phi) is 10.3. The van der Waals surface area contributed by atoms with Gasteiger partial charge in [0.15, 0.2) is 0 Å². The van der Waals surface area contributed by atoms with Crippen LogP contribution in [-0.2, 0) is 15.3 Å². The Bertz CT molecular complexity index is 350. The highest BCUT2D eigenvalue weighted by molar-refractivity contribution is 9.10. The molecule has 4 heteroatoms. The van der Waals surface area contributed by atoms with Crippen molar-refractivity contribution in [1.29, 1.82) is 0 Å². The molecule has 1 aromatic rings. The molecule has 0 unspecified atom stereocenters. The van der Waals surface area contributed by atoms with E-state index in [4.69, 9.17) is 8.85 Å². The summed E-state index contributed by atoms with van der Waals surface area (Å²) in [6, 6.07) is 9.51. The zero-order chi connectivity index (χ0) is 14.6. The Balaban J connectivity index is 2.37. The number of hydrogen-bond donors (Lipinski definition) is 0. The first-order valence-electron chi connectivity index (χ1n) is 7.62. The van der Waals surface area contributed by atoms with Crippen molar-refractivity contribution in [3.63, 3.8) is 0 Å². The predicted octanol–water partition coefficient (Wildman–Crippen LogP) is 5.11. The summed E-state index contributed by atoms with van der Waals surface area (Å²) in [6.45, 7) is 6.06. The number of benzene rings is 1. The molecule has 0 saturated carbocycles. The van der Waals surface area contributed by atoms with Gasteiger partial charge in [-0.25, -0.2) is 0 Å². The fraction of sp³-hybridized carbons (Fsp3) is 0.625. The Hall–Kier alpha value is -0.163. The fourth-order valence-electron chi connectivity index (χ4n) is 1.79. The van der Waals surface area contributed by atoms with Crippen molar-refractivity contribution < 1.29 is 8.85 Å². The maximum absolute atomic E-state index is 5.95. The van der Waals surface area contributed by atoms with Gasteiger partial charge in [-0.1, -0.05) is 54.8 Å². The second kappa shape index (κ2) is 11.5. The van der Waals surface area contributed by atoms with E-state index in [1.165, 1.54) is 18.4 Å². The van der Waals surface area contributed by atoms with Gasteiger partial charge in [-0.15, -0.1) is 0 Å². The summed E-state index contributed by atoms with van der Waals surface area (Å²) >= 11 is 3.52. The van der Waals surface area contributed by atoms with Gasteiger partial charge in [0, 0.05) is 17.7 Å². The summed E-state index contributed by atoms with van der Waals surface area (Å²) in [5.41, 5.74) is 1.35. The van der Waals surface area contributed by atoms with Crippen LogP contribution < -0.4 is 0 Å². The van der Waals surface area contributed by atoms with E-state index in [1.54, 1.807) is 0 Å². The third kappa shape index (κ3) is 8.20. The smallest absolute Gasteiger partial charge is 0.384 e. The SMILES string of the molecule is CCCCO[Si](CCc1cccc(Br)c1)OCCCC. The highest BCUT2D eigenvalue weighted by Gasteiger charge is 2.15. The first-order chi connectivity index (χ1) is 9.76. The van der Waals surface area contributed by atoms with Crippen molar-refractivity contribution in [2.75, 3.05) is 13.2 Å². The Morgan fingerprint density at radius 2 is 1.70 bits per heavy atom. The van der Waals surface area contributed by atoms with Gasteiger partial charge in [0.05, 0.1) is 0 Å². The first kappa shape index (κ1) is 17.9. The van der Waals surface area contributed by atoms with Crippen molar-refractivity contribution in [2.45, 2.75) is 52.0 Å². The van der Waals surface area contributed by atoms with Crippen LogP contribution in [0.5, 0.6) is 0 Å². The van der Waals surface area contributed by atoms with Gasteiger partial charge in [-0.3, -0.25) is 0 Å². The maximum Gasteiger partial charge on any atom is 0.384 e. The number of unbranched alkanes of at least 4 members (excludes halogenated alkanes) is 2. The number of halogens is 1. The molecule has 0 saturated heterocycles. The van der Waals surface area contributed by atoms with Crippen molar-refractivity contribution in [3.8, 4) is 0 Å². The molecule has 1 radical (unpaired) electrons. The zero-order valence-corrected chi connectivity index (χ0v) is 15.2. The zero-order valence-electron chi connectivity index (χ0n) is 12.7. The van der Waals surface area contributed by atoms with Crippen LogP contribution in [0.3, 0.4) is 0 Å². The molecule has 1 aromatic carbocycles. The van der Waals surface area contributed by atoms with Gasteiger partial charge >= 0.3 is 9.28 Å². The predicted molar refractivity (Wildman–Crippen MR) is 90.1 cm³/mol. The average molecular weight is 358 g/mol. The lowest BCUT2D eigenvalue weighted by Crippen LogP contribution is -2.24. The van der Waals surface area contributed by atoms with E-state index in [0.29, 0.717) is 0 Å².